The first kappa shape index (κ1) is 49.7. The largest absolute Gasteiger partial charge is 0.399 e. The van der Waals surface area contributed by atoms with Gasteiger partial charge in [0.2, 0.25) is 0 Å². The van der Waals surface area contributed by atoms with Crippen LogP contribution < -0.4 is 5.73 Å². The highest BCUT2D eigenvalue weighted by Gasteiger charge is 2.35. The van der Waals surface area contributed by atoms with Crippen molar-refractivity contribution in [2.45, 2.75) is 60.3 Å². The highest BCUT2D eigenvalue weighted by molar-refractivity contribution is 5.86. The molecular formula is C67H67N. The van der Waals surface area contributed by atoms with Crippen LogP contribution in [-0.2, 0) is 5.41 Å². The molecule has 0 fully saturated rings. The summed E-state index contributed by atoms with van der Waals surface area (Å²) >= 11 is 0. The van der Waals surface area contributed by atoms with Gasteiger partial charge in [0.25, 0.3) is 0 Å². The van der Waals surface area contributed by atoms with Gasteiger partial charge in [0, 0.05) is 11.1 Å². The fourth-order valence-electron chi connectivity index (χ4n) is 8.09. The Bertz CT molecular complexity index is 2980. The number of nitrogens with two attached hydrogens (primary N) is 1. The van der Waals surface area contributed by atoms with Gasteiger partial charge in [0.05, 0.1) is 0 Å². The number of hydrogen-bond acceptors (Lipinski definition) is 1. The third kappa shape index (κ3) is 13.9. The van der Waals surface area contributed by atoms with E-state index in [2.05, 4.69) is 206 Å². The number of aryl methyl sites for hydroxylation is 3. The highest BCUT2D eigenvalue weighted by Crippen LogP contribution is 2.50. The molecule has 1 nitrogen and oxygen atoms in total. The van der Waals surface area contributed by atoms with E-state index >= 15 is 0 Å². The number of anilines is 1. The fourth-order valence-corrected chi connectivity index (χ4v) is 8.09. The minimum atomic E-state index is -0.00381. The van der Waals surface area contributed by atoms with Gasteiger partial charge < -0.3 is 5.73 Å². The van der Waals surface area contributed by atoms with Crippen molar-refractivity contribution < 1.29 is 0 Å². The van der Waals surface area contributed by atoms with Crippen LogP contribution in [0.4, 0.5) is 5.69 Å². The first-order valence-electron chi connectivity index (χ1n) is 23.9. The van der Waals surface area contributed by atoms with E-state index in [1.165, 1.54) is 89.5 Å². The van der Waals surface area contributed by atoms with Crippen LogP contribution in [0.2, 0.25) is 0 Å². The molecule has 11 rings (SSSR count). The van der Waals surface area contributed by atoms with Crippen molar-refractivity contribution in [3.05, 3.63) is 283 Å². The monoisotopic (exact) mass is 886 g/mol. The van der Waals surface area contributed by atoms with Gasteiger partial charge in [0.1, 0.15) is 0 Å². The Morgan fingerprint density at radius 1 is 0.338 bits per heavy atom. The van der Waals surface area contributed by atoms with Gasteiger partial charge in [-0.3, -0.25) is 0 Å². The Kier molecular flexibility index (Phi) is 18.4. The van der Waals surface area contributed by atoms with E-state index in [9.17, 15) is 0 Å². The minimum absolute atomic E-state index is 0.00381. The van der Waals surface area contributed by atoms with E-state index in [1.54, 1.807) is 0 Å². The smallest absolute Gasteiger partial charge is 0.0314 e. The molecular weight excluding hydrogens is 819 g/mol. The Hall–Kier alpha value is -7.74. The standard InChI is InChI=1S/C28H24.C12H11N.C11H10.C7H8.C6H6.C3H8/c1-19-9-11-21(12-10-19)23-14-16-25-24-15-13-22(20-7-5-4-6-8-20)17-26(24)28(2,3)27(25)18-23;13-12-8-6-11(7-9-12)10-4-2-1-3-5-10;1-9-5-4-7-10-6-2-3-8-11(9)10;1-7-5-3-2-4-6-7;1-2-4-6-5-3-1;1-3-2/h4-18H,1-3H3;1-9H,13H2;2-8H,1H3;2-6H,1H3;1-6H;3H2,1-2H3. The second-order valence-electron chi connectivity index (χ2n) is 17.7. The van der Waals surface area contributed by atoms with Crippen LogP contribution in [0.3, 0.4) is 0 Å². The van der Waals surface area contributed by atoms with Crippen LogP contribution in [0.1, 0.15) is 61.9 Å². The number of fused-ring (bicyclic) bond motifs is 4. The quantitative estimate of drug-likeness (QED) is 0.176. The summed E-state index contributed by atoms with van der Waals surface area (Å²) in [4.78, 5) is 0. The summed E-state index contributed by atoms with van der Waals surface area (Å²) in [7, 11) is 0. The third-order valence-corrected chi connectivity index (χ3v) is 11.8. The zero-order valence-corrected chi connectivity index (χ0v) is 41.0. The lowest BCUT2D eigenvalue weighted by Crippen LogP contribution is -2.15. The number of benzene rings is 10. The summed E-state index contributed by atoms with van der Waals surface area (Å²) in [5, 5.41) is 2.68. The van der Waals surface area contributed by atoms with Crippen molar-refractivity contribution in [1.29, 1.82) is 0 Å². The van der Waals surface area contributed by atoms with Gasteiger partial charge in [0.15, 0.2) is 0 Å². The van der Waals surface area contributed by atoms with Gasteiger partial charge in [-0.25, -0.2) is 0 Å². The Balaban J connectivity index is 0.000000157. The average molecular weight is 886 g/mol. The summed E-state index contributed by atoms with van der Waals surface area (Å²) in [5.41, 5.74) is 23.5. The number of nitrogen functional groups attached to an aromatic ring is 1. The van der Waals surface area contributed by atoms with Gasteiger partial charge in [-0.15, -0.1) is 0 Å². The van der Waals surface area contributed by atoms with Crippen molar-refractivity contribution in [2.24, 2.45) is 0 Å². The van der Waals surface area contributed by atoms with Crippen LogP contribution in [-0.4, -0.2) is 0 Å². The molecule has 0 unspecified atom stereocenters. The molecule has 0 heterocycles. The molecule has 0 atom stereocenters. The first-order chi connectivity index (χ1) is 33.1. The average Bonchev–Trinajstić information content (AvgIpc) is 3.61. The molecule has 0 aromatic heterocycles. The molecule has 0 radical (unpaired) electrons. The molecule has 1 aliphatic carbocycles. The molecule has 0 saturated heterocycles. The maximum atomic E-state index is 5.60. The number of rotatable bonds is 3. The van der Waals surface area contributed by atoms with Crippen LogP contribution >= 0.6 is 0 Å². The zero-order valence-electron chi connectivity index (χ0n) is 41.0. The predicted molar refractivity (Wildman–Crippen MR) is 298 cm³/mol. The zero-order chi connectivity index (χ0) is 48.1. The SMILES string of the molecule is CCC.Cc1ccc(-c2ccc3c(c2)C(C)(C)c2cc(-c4ccccc4)ccc2-3)cc1.Cc1cccc2ccccc12.Cc1ccccc1.Nc1ccc(-c2ccccc2)cc1.c1ccccc1. The van der Waals surface area contributed by atoms with E-state index in [0.717, 1.165) is 5.69 Å². The van der Waals surface area contributed by atoms with Gasteiger partial charge in [-0.05, 0) is 117 Å². The molecule has 0 spiro atoms. The Labute approximate surface area is 407 Å². The van der Waals surface area contributed by atoms with Gasteiger partial charge in [-0.2, -0.15) is 0 Å². The third-order valence-electron chi connectivity index (χ3n) is 11.8. The first-order valence-corrected chi connectivity index (χ1v) is 23.9. The van der Waals surface area contributed by atoms with E-state index in [1.807, 2.05) is 97.1 Å². The minimum Gasteiger partial charge on any atom is -0.399 e. The van der Waals surface area contributed by atoms with Crippen molar-refractivity contribution in [3.8, 4) is 44.5 Å². The summed E-state index contributed by atoms with van der Waals surface area (Å²) in [6.07, 6.45) is 1.25. The molecule has 68 heavy (non-hydrogen) atoms. The lowest BCUT2D eigenvalue weighted by Gasteiger charge is -2.22. The molecule has 2 N–H and O–H groups in total. The summed E-state index contributed by atoms with van der Waals surface area (Å²) in [5.74, 6) is 0. The van der Waals surface area contributed by atoms with Crippen molar-refractivity contribution >= 4 is 16.5 Å². The molecule has 1 heteroatoms. The highest BCUT2D eigenvalue weighted by atomic mass is 14.5. The van der Waals surface area contributed by atoms with Crippen LogP contribution in [0, 0.1) is 20.8 Å². The van der Waals surface area contributed by atoms with E-state index in [-0.39, 0.29) is 5.41 Å². The summed E-state index contributed by atoms with van der Waals surface area (Å²) < 4.78 is 0. The molecule has 10 aromatic carbocycles. The van der Waals surface area contributed by atoms with Crippen LogP contribution in [0.25, 0.3) is 55.3 Å². The second-order valence-corrected chi connectivity index (χ2v) is 17.7. The lowest BCUT2D eigenvalue weighted by molar-refractivity contribution is 0.661. The Morgan fingerprint density at radius 2 is 0.676 bits per heavy atom. The summed E-state index contributed by atoms with van der Waals surface area (Å²) in [6, 6.07) is 88.6. The maximum Gasteiger partial charge on any atom is 0.0314 e. The van der Waals surface area contributed by atoms with Crippen molar-refractivity contribution in [2.75, 3.05) is 5.73 Å². The lowest BCUT2D eigenvalue weighted by atomic mass is 9.81. The normalized spacial score (nSPS) is 11.1. The van der Waals surface area contributed by atoms with E-state index in [4.69, 9.17) is 5.73 Å². The van der Waals surface area contributed by atoms with Gasteiger partial charge in [-0.1, -0.05) is 276 Å². The molecule has 0 amide bonds. The van der Waals surface area contributed by atoms with Crippen LogP contribution in [0.5, 0.6) is 0 Å². The molecule has 0 aliphatic heterocycles. The molecule has 1 aliphatic rings. The molecule has 0 saturated carbocycles. The topological polar surface area (TPSA) is 26.0 Å². The fraction of sp³-hybridized carbons (Fsp3) is 0.134. The molecule has 340 valence electrons. The second kappa shape index (κ2) is 25.2. The Morgan fingerprint density at radius 3 is 1.13 bits per heavy atom. The summed E-state index contributed by atoms with van der Waals surface area (Å²) in [6.45, 7) is 15.3. The van der Waals surface area contributed by atoms with Crippen LogP contribution in [0.15, 0.2) is 255 Å². The van der Waals surface area contributed by atoms with Gasteiger partial charge >= 0.3 is 0 Å². The predicted octanol–water partition coefficient (Wildman–Crippen LogP) is 18.8. The number of hydrogen-bond donors (Lipinski definition) is 1. The van der Waals surface area contributed by atoms with Crippen molar-refractivity contribution in [1.82, 2.24) is 0 Å². The molecule has 0 bridgehead atoms. The van der Waals surface area contributed by atoms with E-state index < -0.39 is 0 Å². The van der Waals surface area contributed by atoms with E-state index in [0.29, 0.717) is 0 Å². The molecule has 10 aromatic rings. The van der Waals surface area contributed by atoms with Crippen molar-refractivity contribution in [3.63, 3.8) is 0 Å². The maximum absolute atomic E-state index is 5.60.